The minimum absolute atomic E-state index is 0.0400. The Bertz CT molecular complexity index is 1050. The predicted molar refractivity (Wildman–Crippen MR) is 98.4 cm³/mol. The van der Waals surface area contributed by atoms with Crippen molar-refractivity contribution in [3.8, 4) is 11.5 Å². The fourth-order valence-electron chi connectivity index (χ4n) is 4.10. The third-order valence-electron chi connectivity index (χ3n) is 5.53. The van der Waals surface area contributed by atoms with E-state index in [2.05, 4.69) is 20.1 Å². The molecule has 2 atom stereocenters. The second kappa shape index (κ2) is 6.70. The van der Waals surface area contributed by atoms with E-state index in [1.165, 1.54) is 12.1 Å². The van der Waals surface area contributed by atoms with Gasteiger partial charge in [-0.3, -0.25) is 4.79 Å². The fourth-order valence-corrected chi connectivity index (χ4v) is 4.27. The molecule has 9 heteroatoms. The smallest absolute Gasteiger partial charge is 0.255 e. The van der Waals surface area contributed by atoms with Crippen LogP contribution in [0.4, 0.5) is 4.39 Å². The van der Waals surface area contributed by atoms with Gasteiger partial charge in [-0.1, -0.05) is 16.8 Å². The van der Waals surface area contributed by atoms with E-state index >= 15 is 0 Å². The molecule has 3 aromatic heterocycles. The summed E-state index contributed by atoms with van der Waals surface area (Å²) in [6.07, 6.45) is 4.71. The number of halogens is 2. The second-order valence-electron chi connectivity index (χ2n) is 7.24. The SMILES string of the molecule is O=C1c2ccc(F)nc2CCC2CCC(c3nc(-c4cc(Cl)c[nH]4)no3)CN12. The lowest BCUT2D eigenvalue weighted by Crippen LogP contribution is -2.45. The van der Waals surface area contributed by atoms with E-state index in [0.29, 0.717) is 46.7 Å². The van der Waals surface area contributed by atoms with Gasteiger partial charge in [0, 0.05) is 18.8 Å². The third kappa shape index (κ3) is 2.97. The van der Waals surface area contributed by atoms with Crippen LogP contribution in [0.15, 0.2) is 28.9 Å². The standard InChI is InChI=1S/C19H17ClFN5O2/c20-11-7-15(22-8-11)17-24-18(28-25-17)10-1-2-12-3-5-14-13(4-6-16(21)23-14)19(27)26(12)9-10/h4,6-8,10,12,22H,1-3,5,9H2. The quantitative estimate of drug-likeness (QED) is 0.663. The minimum Gasteiger partial charge on any atom is -0.357 e. The molecular weight excluding hydrogens is 385 g/mol. The maximum absolute atomic E-state index is 13.5. The summed E-state index contributed by atoms with van der Waals surface area (Å²) in [5.41, 5.74) is 1.71. The summed E-state index contributed by atoms with van der Waals surface area (Å²) in [5.74, 6) is 0.254. The summed E-state index contributed by atoms with van der Waals surface area (Å²) in [7, 11) is 0. The maximum atomic E-state index is 13.5. The molecule has 1 amide bonds. The maximum Gasteiger partial charge on any atom is 0.255 e. The number of H-pyrrole nitrogens is 1. The molecule has 0 radical (unpaired) electrons. The monoisotopic (exact) mass is 401 g/mol. The van der Waals surface area contributed by atoms with E-state index in [-0.39, 0.29) is 17.9 Å². The van der Waals surface area contributed by atoms with E-state index in [9.17, 15) is 9.18 Å². The second-order valence-corrected chi connectivity index (χ2v) is 7.68. The number of aromatic amines is 1. The Morgan fingerprint density at radius 2 is 2.14 bits per heavy atom. The van der Waals surface area contributed by atoms with Gasteiger partial charge in [-0.15, -0.1) is 0 Å². The molecule has 1 N–H and O–H groups in total. The molecule has 7 nitrogen and oxygen atoms in total. The van der Waals surface area contributed by atoms with Gasteiger partial charge in [0.05, 0.1) is 27.9 Å². The molecule has 0 saturated carbocycles. The lowest BCUT2D eigenvalue weighted by atomic mass is 9.91. The molecule has 28 heavy (non-hydrogen) atoms. The van der Waals surface area contributed by atoms with Crippen LogP contribution in [-0.2, 0) is 6.42 Å². The van der Waals surface area contributed by atoms with Crippen LogP contribution in [0.25, 0.3) is 11.5 Å². The highest BCUT2D eigenvalue weighted by molar-refractivity contribution is 6.30. The van der Waals surface area contributed by atoms with Gasteiger partial charge in [0.25, 0.3) is 5.91 Å². The van der Waals surface area contributed by atoms with Crippen molar-refractivity contribution in [1.82, 2.24) is 25.0 Å². The van der Waals surface area contributed by atoms with Gasteiger partial charge in [0.2, 0.25) is 17.7 Å². The number of pyridine rings is 1. The number of amides is 1. The molecule has 0 spiro atoms. The summed E-state index contributed by atoms with van der Waals surface area (Å²) < 4.78 is 19.0. The van der Waals surface area contributed by atoms with Crippen molar-refractivity contribution in [3.63, 3.8) is 0 Å². The molecule has 0 bridgehead atoms. The first-order chi connectivity index (χ1) is 13.6. The number of rotatable bonds is 2. The number of aryl methyl sites for hydroxylation is 1. The van der Waals surface area contributed by atoms with E-state index in [1.54, 1.807) is 12.3 Å². The third-order valence-corrected chi connectivity index (χ3v) is 5.75. The molecule has 2 unspecified atom stereocenters. The summed E-state index contributed by atoms with van der Waals surface area (Å²) in [6.45, 7) is 0.493. The van der Waals surface area contributed by atoms with Crippen LogP contribution in [0, 0.1) is 5.95 Å². The number of carbonyl (C=O) groups excluding carboxylic acids is 1. The largest absolute Gasteiger partial charge is 0.357 e. The molecule has 0 aromatic carbocycles. The molecule has 1 saturated heterocycles. The van der Waals surface area contributed by atoms with Gasteiger partial charge in [-0.05, 0) is 43.9 Å². The molecule has 0 aliphatic carbocycles. The Balaban J connectivity index is 1.40. The average Bonchev–Trinajstić information content (AvgIpc) is 3.32. The fraction of sp³-hybridized carbons (Fsp3) is 0.368. The lowest BCUT2D eigenvalue weighted by Gasteiger charge is -2.37. The molecule has 144 valence electrons. The van der Waals surface area contributed by atoms with E-state index < -0.39 is 5.95 Å². The first-order valence-corrected chi connectivity index (χ1v) is 9.60. The van der Waals surface area contributed by atoms with E-state index in [1.807, 2.05) is 4.90 Å². The molecule has 1 fully saturated rings. The highest BCUT2D eigenvalue weighted by Crippen LogP contribution is 2.35. The van der Waals surface area contributed by atoms with Gasteiger partial charge in [-0.25, -0.2) is 4.98 Å². The molecule has 3 aromatic rings. The van der Waals surface area contributed by atoms with Crippen molar-refractivity contribution in [2.24, 2.45) is 0 Å². The van der Waals surface area contributed by atoms with Crippen molar-refractivity contribution in [2.75, 3.05) is 6.54 Å². The van der Waals surface area contributed by atoms with Gasteiger partial charge in [0.1, 0.15) is 0 Å². The van der Waals surface area contributed by atoms with Crippen molar-refractivity contribution in [3.05, 3.63) is 52.5 Å². The van der Waals surface area contributed by atoms with Crippen LogP contribution >= 0.6 is 11.6 Å². The Morgan fingerprint density at radius 1 is 1.25 bits per heavy atom. The molecule has 2 aliphatic heterocycles. The number of hydrogen-bond donors (Lipinski definition) is 1. The van der Waals surface area contributed by atoms with Crippen molar-refractivity contribution in [1.29, 1.82) is 0 Å². The van der Waals surface area contributed by atoms with Gasteiger partial charge < -0.3 is 14.4 Å². The summed E-state index contributed by atoms with van der Waals surface area (Å²) in [6, 6.07) is 4.62. The Morgan fingerprint density at radius 3 is 2.96 bits per heavy atom. The topological polar surface area (TPSA) is 87.9 Å². The lowest BCUT2D eigenvalue weighted by molar-refractivity contribution is 0.0570. The number of fused-ring (bicyclic) bond motifs is 2. The first-order valence-electron chi connectivity index (χ1n) is 9.23. The number of nitrogens with zero attached hydrogens (tertiary/aromatic N) is 4. The van der Waals surface area contributed by atoms with Gasteiger partial charge in [0.15, 0.2) is 0 Å². The predicted octanol–water partition coefficient (Wildman–Crippen LogP) is 3.59. The summed E-state index contributed by atoms with van der Waals surface area (Å²) >= 11 is 5.93. The van der Waals surface area contributed by atoms with Crippen LogP contribution in [0.2, 0.25) is 5.02 Å². The zero-order chi connectivity index (χ0) is 19.3. The average molecular weight is 402 g/mol. The van der Waals surface area contributed by atoms with Crippen molar-refractivity contribution in [2.45, 2.75) is 37.6 Å². The molecular formula is C19H17ClFN5O2. The van der Waals surface area contributed by atoms with Gasteiger partial charge in [-0.2, -0.15) is 9.37 Å². The highest BCUT2D eigenvalue weighted by Gasteiger charge is 2.37. The number of piperidine rings is 1. The van der Waals surface area contributed by atoms with Crippen LogP contribution in [0.3, 0.4) is 0 Å². The Hall–Kier alpha value is -2.74. The zero-order valence-electron chi connectivity index (χ0n) is 14.9. The molecule has 5 heterocycles. The first kappa shape index (κ1) is 17.4. The van der Waals surface area contributed by atoms with Crippen LogP contribution in [-0.4, -0.2) is 43.5 Å². The van der Waals surface area contributed by atoms with Crippen molar-refractivity contribution >= 4 is 17.5 Å². The minimum atomic E-state index is -0.549. The normalized spacial score (nSPS) is 21.9. The zero-order valence-corrected chi connectivity index (χ0v) is 15.6. The number of aromatic nitrogens is 4. The number of carbonyl (C=O) groups is 1. The Labute approximate surface area is 164 Å². The Kier molecular flexibility index (Phi) is 4.16. The van der Waals surface area contributed by atoms with E-state index in [0.717, 1.165) is 19.3 Å². The molecule has 2 aliphatic rings. The van der Waals surface area contributed by atoms with Crippen molar-refractivity contribution < 1.29 is 13.7 Å². The summed E-state index contributed by atoms with van der Waals surface area (Å²) in [4.78, 5) is 26.3. The molecule has 5 rings (SSSR count). The van der Waals surface area contributed by atoms with Crippen LogP contribution < -0.4 is 0 Å². The van der Waals surface area contributed by atoms with Crippen LogP contribution in [0.5, 0.6) is 0 Å². The summed E-state index contributed by atoms with van der Waals surface area (Å²) in [5, 5.41) is 4.60. The number of nitrogens with one attached hydrogen (secondary N) is 1. The van der Waals surface area contributed by atoms with E-state index in [4.69, 9.17) is 16.1 Å². The number of hydrogen-bond acceptors (Lipinski definition) is 5. The van der Waals surface area contributed by atoms with Gasteiger partial charge >= 0.3 is 0 Å². The highest BCUT2D eigenvalue weighted by atomic mass is 35.5. The van der Waals surface area contributed by atoms with Crippen LogP contribution in [0.1, 0.15) is 47.1 Å².